The minimum atomic E-state index is -2.88. The average molecular weight is 215 g/mol. The molecular weight excluding hydrogens is 202 g/mol. The smallest absolute Gasteiger partial charge is 0.221 e. The summed E-state index contributed by atoms with van der Waals surface area (Å²) in [5, 5.41) is 2.52. The first-order valence-electron chi connectivity index (χ1n) is 4.44. The van der Waals surface area contributed by atoms with Crippen molar-refractivity contribution in [2.75, 3.05) is 18.1 Å². The van der Waals surface area contributed by atoms with Gasteiger partial charge in [-0.2, -0.15) is 0 Å². The van der Waals surface area contributed by atoms with Gasteiger partial charge in [-0.25, -0.2) is 8.42 Å². The van der Waals surface area contributed by atoms with Crippen LogP contribution in [0.4, 0.5) is 0 Å². The van der Waals surface area contributed by atoms with E-state index >= 15 is 0 Å². The topological polar surface area (TPSA) is 63.2 Å². The van der Waals surface area contributed by atoms with E-state index in [-0.39, 0.29) is 36.3 Å². The lowest BCUT2D eigenvalue weighted by Crippen LogP contribution is -2.26. The van der Waals surface area contributed by atoms with E-state index < -0.39 is 9.84 Å². The highest BCUT2D eigenvalue weighted by atomic mass is 32.2. The fourth-order valence-corrected chi connectivity index (χ4v) is 3.38. The minimum absolute atomic E-state index is 0.0298. The molecule has 0 aromatic heterocycles. The lowest BCUT2D eigenvalue weighted by molar-refractivity contribution is -0.121. The zero-order valence-corrected chi connectivity index (χ0v) is 8.64. The minimum Gasteiger partial charge on any atom is -0.345 e. The third-order valence-corrected chi connectivity index (χ3v) is 4.03. The van der Waals surface area contributed by atoms with Crippen LogP contribution in [0.2, 0.25) is 0 Å². The van der Waals surface area contributed by atoms with Gasteiger partial charge >= 0.3 is 0 Å². The molecule has 1 aliphatic rings. The van der Waals surface area contributed by atoms with Gasteiger partial charge in [0.25, 0.3) is 0 Å². The van der Waals surface area contributed by atoms with Gasteiger partial charge in [0.2, 0.25) is 5.91 Å². The molecule has 0 aromatic carbocycles. The van der Waals surface area contributed by atoms with Crippen LogP contribution in [-0.4, -0.2) is 32.4 Å². The molecule has 1 heterocycles. The number of carbonyl (C=O) groups excluding carboxylic acids is 1. The van der Waals surface area contributed by atoms with E-state index in [1.54, 1.807) is 0 Å². The lowest BCUT2D eigenvalue weighted by Gasteiger charge is -2.06. The van der Waals surface area contributed by atoms with Crippen LogP contribution in [0, 0.1) is 18.3 Å². The van der Waals surface area contributed by atoms with Crippen molar-refractivity contribution in [3.8, 4) is 12.3 Å². The average Bonchev–Trinajstić information content (AvgIpc) is 2.42. The van der Waals surface area contributed by atoms with Gasteiger partial charge in [-0.05, 0) is 12.3 Å². The fraction of sp³-hybridized carbons (Fsp3) is 0.667. The molecule has 0 bridgehead atoms. The first-order valence-corrected chi connectivity index (χ1v) is 6.26. The maximum absolute atomic E-state index is 11.2. The maximum Gasteiger partial charge on any atom is 0.221 e. The van der Waals surface area contributed by atoms with E-state index in [4.69, 9.17) is 6.42 Å². The Morgan fingerprint density at radius 1 is 1.57 bits per heavy atom. The molecule has 1 rings (SSSR count). The third kappa shape index (κ3) is 3.38. The van der Waals surface area contributed by atoms with E-state index in [1.807, 2.05) is 0 Å². The fourth-order valence-electron chi connectivity index (χ4n) is 1.52. The van der Waals surface area contributed by atoms with Crippen LogP contribution in [0.25, 0.3) is 0 Å². The molecule has 0 spiro atoms. The Morgan fingerprint density at radius 3 is 2.79 bits per heavy atom. The molecule has 0 aromatic rings. The molecule has 0 saturated carbocycles. The molecule has 1 saturated heterocycles. The predicted octanol–water partition coefficient (Wildman–Crippen LogP) is -0.439. The van der Waals surface area contributed by atoms with Crippen molar-refractivity contribution in [3.05, 3.63) is 0 Å². The molecule has 0 aliphatic carbocycles. The molecule has 78 valence electrons. The third-order valence-electron chi connectivity index (χ3n) is 2.19. The molecule has 1 fully saturated rings. The Kier molecular flexibility index (Phi) is 3.53. The van der Waals surface area contributed by atoms with Gasteiger partial charge in [0, 0.05) is 6.42 Å². The van der Waals surface area contributed by atoms with E-state index in [0.717, 1.165) is 0 Å². The van der Waals surface area contributed by atoms with Crippen LogP contribution >= 0.6 is 0 Å². The van der Waals surface area contributed by atoms with Crippen molar-refractivity contribution in [2.24, 2.45) is 5.92 Å². The van der Waals surface area contributed by atoms with Crippen molar-refractivity contribution in [1.82, 2.24) is 5.32 Å². The number of rotatable bonds is 3. The van der Waals surface area contributed by atoms with Crippen LogP contribution in [0.3, 0.4) is 0 Å². The Hall–Kier alpha value is -1.02. The highest BCUT2D eigenvalue weighted by Crippen LogP contribution is 2.21. The molecular formula is C9H13NO3S. The molecule has 1 atom stereocenters. The highest BCUT2D eigenvalue weighted by Gasteiger charge is 2.29. The first-order chi connectivity index (χ1) is 6.53. The predicted molar refractivity (Wildman–Crippen MR) is 53.2 cm³/mol. The second-order valence-corrected chi connectivity index (χ2v) is 5.68. The molecule has 14 heavy (non-hydrogen) atoms. The lowest BCUT2D eigenvalue weighted by atomic mass is 10.1. The Balaban J connectivity index is 2.33. The molecule has 4 nitrogen and oxygen atoms in total. The largest absolute Gasteiger partial charge is 0.345 e. The van der Waals surface area contributed by atoms with Gasteiger partial charge in [0.1, 0.15) is 0 Å². The van der Waals surface area contributed by atoms with E-state index in [1.165, 1.54) is 0 Å². The summed E-state index contributed by atoms with van der Waals surface area (Å²) in [5.41, 5.74) is 0. The van der Waals surface area contributed by atoms with Gasteiger partial charge in [-0.15, -0.1) is 6.42 Å². The van der Waals surface area contributed by atoms with Crippen molar-refractivity contribution >= 4 is 15.7 Å². The number of terminal acetylenes is 1. The second kappa shape index (κ2) is 4.47. The maximum atomic E-state index is 11.2. The Labute approximate surface area is 84.0 Å². The Morgan fingerprint density at radius 2 is 2.29 bits per heavy atom. The summed E-state index contributed by atoms with van der Waals surface area (Å²) in [4.78, 5) is 11.2. The molecule has 5 heteroatoms. The van der Waals surface area contributed by atoms with Crippen molar-refractivity contribution in [1.29, 1.82) is 0 Å². The van der Waals surface area contributed by atoms with Crippen LogP contribution in [-0.2, 0) is 14.6 Å². The number of sulfone groups is 1. The van der Waals surface area contributed by atoms with Gasteiger partial charge in [-0.1, -0.05) is 5.92 Å². The standard InChI is InChI=1S/C9H13NO3S/c1-2-4-10-9(11)6-8-3-5-14(12,13)7-8/h1,8H,3-7H2,(H,10,11). The molecule has 1 aliphatic heterocycles. The van der Waals surface area contributed by atoms with Crippen molar-refractivity contribution < 1.29 is 13.2 Å². The van der Waals surface area contributed by atoms with E-state index in [2.05, 4.69) is 11.2 Å². The van der Waals surface area contributed by atoms with Crippen LogP contribution < -0.4 is 5.32 Å². The van der Waals surface area contributed by atoms with Gasteiger partial charge in [-0.3, -0.25) is 4.79 Å². The summed E-state index contributed by atoms with van der Waals surface area (Å²) in [6.07, 6.45) is 5.82. The van der Waals surface area contributed by atoms with E-state index in [0.29, 0.717) is 6.42 Å². The summed E-state index contributed by atoms with van der Waals surface area (Å²) in [6, 6.07) is 0. The van der Waals surface area contributed by atoms with E-state index in [9.17, 15) is 13.2 Å². The Bertz CT molecular complexity index is 353. The normalized spacial score (nSPS) is 24.1. The molecule has 1 amide bonds. The van der Waals surface area contributed by atoms with Gasteiger partial charge in [0.05, 0.1) is 18.1 Å². The summed E-state index contributed by atoms with van der Waals surface area (Å²) in [6.45, 7) is 0.207. The zero-order valence-electron chi connectivity index (χ0n) is 7.82. The quantitative estimate of drug-likeness (QED) is 0.649. The van der Waals surface area contributed by atoms with Gasteiger partial charge < -0.3 is 5.32 Å². The molecule has 0 radical (unpaired) electrons. The monoisotopic (exact) mass is 215 g/mol. The molecule has 1 unspecified atom stereocenters. The summed E-state index contributed by atoms with van der Waals surface area (Å²) in [5.74, 6) is 2.44. The number of carbonyl (C=O) groups is 1. The van der Waals surface area contributed by atoms with Crippen molar-refractivity contribution in [2.45, 2.75) is 12.8 Å². The molecule has 1 N–H and O–H groups in total. The van der Waals surface area contributed by atoms with Crippen molar-refractivity contribution in [3.63, 3.8) is 0 Å². The number of nitrogens with one attached hydrogen (secondary N) is 1. The number of hydrogen-bond acceptors (Lipinski definition) is 3. The first kappa shape index (κ1) is 11.1. The zero-order chi connectivity index (χ0) is 10.6. The summed E-state index contributed by atoms with van der Waals surface area (Å²) >= 11 is 0. The number of hydrogen-bond donors (Lipinski definition) is 1. The SMILES string of the molecule is C#CCNC(=O)CC1CCS(=O)(=O)C1. The second-order valence-electron chi connectivity index (χ2n) is 3.45. The van der Waals surface area contributed by atoms with Crippen LogP contribution in [0.5, 0.6) is 0 Å². The van der Waals surface area contributed by atoms with Gasteiger partial charge in [0.15, 0.2) is 9.84 Å². The highest BCUT2D eigenvalue weighted by molar-refractivity contribution is 7.91. The van der Waals surface area contributed by atoms with Crippen LogP contribution in [0.1, 0.15) is 12.8 Å². The number of amides is 1. The van der Waals surface area contributed by atoms with Crippen LogP contribution in [0.15, 0.2) is 0 Å². The summed E-state index contributed by atoms with van der Waals surface area (Å²) < 4.78 is 22.1. The summed E-state index contributed by atoms with van der Waals surface area (Å²) in [7, 11) is -2.88.